The molecule has 1 fully saturated rings. The van der Waals surface area contributed by atoms with Crippen LogP contribution in [0, 0.1) is 0 Å². The second-order valence-corrected chi connectivity index (χ2v) is 8.33. The van der Waals surface area contributed by atoms with Crippen molar-refractivity contribution in [1.82, 2.24) is 24.6 Å². The van der Waals surface area contributed by atoms with E-state index >= 15 is 0 Å². The molecule has 1 N–H and O–H groups in total. The highest BCUT2D eigenvalue weighted by Gasteiger charge is 2.23. The zero-order valence-electron chi connectivity index (χ0n) is 18.4. The normalized spacial score (nSPS) is 20.6. The van der Waals surface area contributed by atoms with Gasteiger partial charge in [0.25, 0.3) is 0 Å². The Morgan fingerprint density at radius 1 is 1.17 bits per heavy atom. The number of nitrogens with zero attached hydrogens (tertiary/aromatic N) is 5. The highest BCUT2D eigenvalue weighted by molar-refractivity contribution is 5.92. The van der Waals surface area contributed by atoms with Crippen molar-refractivity contribution in [2.45, 2.75) is 57.8 Å². The van der Waals surface area contributed by atoms with E-state index in [1.807, 2.05) is 30.9 Å². The number of anilines is 1. The topological polar surface area (TPSA) is 68.1 Å². The van der Waals surface area contributed by atoms with Crippen molar-refractivity contribution in [2.75, 3.05) is 26.0 Å². The molecule has 0 aliphatic heterocycles. The van der Waals surface area contributed by atoms with Crippen LogP contribution in [0.5, 0.6) is 0 Å². The Balaban J connectivity index is 1.56. The molecule has 160 valence electrons. The average molecular weight is 409 g/mol. The van der Waals surface area contributed by atoms with E-state index in [1.165, 1.54) is 12.8 Å². The summed E-state index contributed by atoms with van der Waals surface area (Å²) in [5.41, 5.74) is 3.12. The number of ether oxygens (including phenoxy) is 1. The summed E-state index contributed by atoms with van der Waals surface area (Å²) >= 11 is 0. The molecule has 3 aromatic rings. The second-order valence-electron chi connectivity index (χ2n) is 8.33. The van der Waals surface area contributed by atoms with Crippen molar-refractivity contribution >= 4 is 16.7 Å². The maximum absolute atomic E-state index is 5.64. The van der Waals surface area contributed by atoms with Crippen LogP contribution >= 0.6 is 0 Å². The zero-order chi connectivity index (χ0) is 21.1. The van der Waals surface area contributed by atoms with Gasteiger partial charge in [0.1, 0.15) is 18.4 Å². The molecule has 0 saturated heterocycles. The van der Waals surface area contributed by atoms with Crippen LogP contribution < -0.4 is 5.32 Å². The predicted molar refractivity (Wildman–Crippen MR) is 120 cm³/mol. The van der Waals surface area contributed by atoms with Gasteiger partial charge in [-0.15, -0.1) is 0 Å². The van der Waals surface area contributed by atoms with E-state index in [1.54, 1.807) is 6.33 Å². The van der Waals surface area contributed by atoms with Gasteiger partial charge in [0.15, 0.2) is 0 Å². The Bertz CT molecular complexity index is 977. The Morgan fingerprint density at radius 2 is 1.97 bits per heavy atom. The van der Waals surface area contributed by atoms with Gasteiger partial charge in [-0.2, -0.15) is 5.10 Å². The number of aromatic nitrogens is 4. The Hall–Kier alpha value is -2.51. The molecule has 1 atom stereocenters. The summed E-state index contributed by atoms with van der Waals surface area (Å²) in [4.78, 5) is 11.4. The molecule has 4 rings (SSSR count). The zero-order valence-corrected chi connectivity index (χ0v) is 18.4. The first-order valence-corrected chi connectivity index (χ1v) is 10.9. The molecule has 1 aliphatic carbocycles. The molecule has 7 heteroatoms. The maximum atomic E-state index is 5.64. The van der Waals surface area contributed by atoms with E-state index in [0.29, 0.717) is 18.7 Å². The minimum atomic E-state index is -0.0814. The fourth-order valence-electron chi connectivity index (χ4n) is 4.28. The molecular formula is C23H32N6O. The molecule has 0 radical (unpaired) electrons. The van der Waals surface area contributed by atoms with Crippen molar-refractivity contribution in [3.63, 3.8) is 0 Å². The minimum absolute atomic E-state index is 0.0814. The summed E-state index contributed by atoms with van der Waals surface area (Å²) in [6.45, 7) is 4.66. The van der Waals surface area contributed by atoms with Gasteiger partial charge in [-0.25, -0.2) is 14.6 Å². The number of hydrogen-bond donors (Lipinski definition) is 1. The Kier molecular flexibility index (Phi) is 6.29. The minimum Gasteiger partial charge on any atom is -0.367 e. The van der Waals surface area contributed by atoms with Crippen molar-refractivity contribution < 1.29 is 4.74 Å². The summed E-state index contributed by atoms with van der Waals surface area (Å²) in [7, 11) is 4.35. The lowest BCUT2D eigenvalue weighted by Gasteiger charge is -2.33. The summed E-state index contributed by atoms with van der Waals surface area (Å²) in [6, 6.07) is 7.46. The standard InChI is InChI=1S/C23H32N6O/c1-5-30-16(2)29-14-18(13-26-29)17-6-11-22-21(12-17)23(25-15-24-22)27-19-7-9-20(10-8-19)28(3)4/h6,11-16,19-20H,5,7-10H2,1-4H3,(H,24,25,27). The van der Waals surface area contributed by atoms with Crippen LogP contribution in [0.3, 0.4) is 0 Å². The molecule has 1 unspecified atom stereocenters. The molecule has 1 aliphatic rings. The van der Waals surface area contributed by atoms with Crippen molar-refractivity contribution in [3.05, 3.63) is 36.9 Å². The summed E-state index contributed by atoms with van der Waals surface area (Å²) in [6.07, 6.45) is 10.2. The van der Waals surface area contributed by atoms with Gasteiger partial charge in [-0.3, -0.25) is 0 Å². The summed E-state index contributed by atoms with van der Waals surface area (Å²) < 4.78 is 7.49. The molecule has 30 heavy (non-hydrogen) atoms. The third-order valence-electron chi connectivity index (χ3n) is 6.12. The van der Waals surface area contributed by atoms with Gasteiger partial charge in [0.05, 0.1) is 11.7 Å². The lowest BCUT2D eigenvalue weighted by molar-refractivity contribution is 0.0160. The molecule has 0 amide bonds. The van der Waals surface area contributed by atoms with Gasteiger partial charge in [-0.05, 0) is 71.3 Å². The number of hydrogen-bond acceptors (Lipinski definition) is 6. The van der Waals surface area contributed by atoms with E-state index in [0.717, 1.165) is 40.7 Å². The van der Waals surface area contributed by atoms with E-state index in [9.17, 15) is 0 Å². The smallest absolute Gasteiger partial charge is 0.147 e. The van der Waals surface area contributed by atoms with Crippen LogP contribution in [0.4, 0.5) is 5.82 Å². The first-order valence-electron chi connectivity index (χ1n) is 10.9. The second kappa shape index (κ2) is 9.10. The van der Waals surface area contributed by atoms with Crippen LogP contribution in [0.2, 0.25) is 0 Å². The van der Waals surface area contributed by atoms with Crippen LogP contribution in [0.1, 0.15) is 45.8 Å². The van der Waals surface area contributed by atoms with E-state index in [4.69, 9.17) is 4.74 Å². The molecule has 0 bridgehead atoms. The highest BCUT2D eigenvalue weighted by Crippen LogP contribution is 2.30. The van der Waals surface area contributed by atoms with E-state index < -0.39 is 0 Å². The fourth-order valence-corrected chi connectivity index (χ4v) is 4.28. The SMILES string of the molecule is CCOC(C)n1cc(-c2ccc3ncnc(NC4CCC(N(C)C)CC4)c3c2)cn1. The third kappa shape index (κ3) is 4.47. The van der Waals surface area contributed by atoms with Crippen molar-refractivity contribution in [1.29, 1.82) is 0 Å². The predicted octanol–water partition coefficient (Wildman–Crippen LogP) is 4.33. The molecule has 2 aromatic heterocycles. The summed E-state index contributed by atoms with van der Waals surface area (Å²) in [5.74, 6) is 0.922. The number of nitrogens with one attached hydrogen (secondary N) is 1. The van der Waals surface area contributed by atoms with Gasteiger partial charge >= 0.3 is 0 Å². The average Bonchev–Trinajstić information content (AvgIpc) is 3.25. The largest absolute Gasteiger partial charge is 0.367 e. The van der Waals surface area contributed by atoms with Crippen LogP contribution in [-0.4, -0.2) is 57.4 Å². The van der Waals surface area contributed by atoms with Crippen LogP contribution in [-0.2, 0) is 4.74 Å². The monoisotopic (exact) mass is 408 g/mol. The van der Waals surface area contributed by atoms with Crippen LogP contribution in [0.15, 0.2) is 36.9 Å². The van der Waals surface area contributed by atoms with Gasteiger partial charge in [0.2, 0.25) is 0 Å². The lowest BCUT2D eigenvalue weighted by atomic mass is 9.90. The van der Waals surface area contributed by atoms with Gasteiger partial charge < -0.3 is 15.0 Å². The first-order chi connectivity index (χ1) is 14.5. The van der Waals surface area contributed by atoms with Crippen LogP contribution in [0.25, 0.3) is 22.0 Å². The maximum Gasteiger partial charge on any atom is 0.147 e. The lowest BCUT2D eigenvalue weighted by Crippen LogP contribution is -2.36. The molecule has 1 saturated carbocycles. The Morgan fingerprint density at radius 3 is 2.70 bits per heavy atom. The van der Waals surface area contributed by atoms with E-state index in [-0.39, 0.29) is 6.23 Å². The highest BCUT2D eigenvalue weighted by atomic mass is 16.5. The van der Waals surface area contributed by atoms with Crippen molar-refractivity contribution in [3.8, 4) is 11.1 Å². The Labute approximate surface area is 178 Å². The molecular weight excluding hydrogens is 376 g/mol. The molecule has 0 spiro atoms. The van der Waals surface area contributed by atoms with E-state index in [2.05, 4.69) is 57.6 Å². The quantitative estimate of drug-likeness (QED) is 0.627. The number of fused-ring (bicyclic) bond motifs is 1. The first kappa shape index (κ1) is 20.8. The summed E-state index contributed by atoms with van der Waals surface area (Å²) in [5, 5.41) is 9.21. The third-order valence-corrected chi connectivity index (χ3v) is 6.12. The molecule has 1 aromatic carbocycles. The number of benzene rings is 1. The van der Waals surface area contributed by atoms with Gasteiger partial charge in [-0.1, -0.05) is 6.07 Å². The van der Waals surface area contributed by atoms with Crippen molar-refractivity contribution in [2.24, 2.45) is 0 Å². The fraction of sp³-hybridized carbons (Fsp3) is 0.522. The number of rotatable bonds is 7. The molecule has 2 heterocycles. The molecule has 7 nitrogen and oxygen atoms in total. The van der Waals surface area contributed by atoms with Gasteiger partial charge in [0, 0.05) is 35.8 Å².